The summed E-state index contributed by atoms with van der Waals surface area (Å²) in [6, 6.07) is 10.6. The largest absolute Gasteiger partial charge is 0.363 e. The highest BCUT2D eigenvalue weighted by atomic mass is 127. The fourth-order valence-corrected chi connectivity index (χ4v) is 4.68. The molecule has 0 radical (unpaired) electrons. The molecule has 32 heavy (non-hydrogen) atoms. The van der Waals surface area contributed by atoms with Gasteiger partial charge in [-0.3, -0.25) is 9.79 Å². The second-order valence-corrected chi connectivity index (χ2v) is 8.87. The Morgan fingerprint density at radius 1 is 1.22 bits per heavy atom. The number of benzene rings is 1. The van der Waals surface area contributed by atoms with E-state index in [2.05, 4.69) is 27.8 Å². The van der Waals surface area contributed by atoms with Crippen LogP contribution >= 0.6 is 24.0 Å². The quantitative estimate of drug-likeness (QED) is 0.340. The van der Waals surface area contributed by atoms with Gasteiger partial charge in [0.1, 0.15) is 5.82 Å². The van der Waals surface area contributed by atoms with Gasteiger partial charge in [-0.15, -0.1) is 24.0 Å². The molecule has 1 aliphatic heterocycles. The SMILES string of the molecule is CN=C(NCc1cc(N(C)C)nc2ccccc12)NC1CCN(C(=O)C2CCCC2)C1.I. The van der Waals surface area contributed by atoms with E-state index in [0.29, 0.717) is 12.5 Å². The van der Waals surface area contributed by atoms with Crippen molar-refractivity contribution in [3.05, 3.63) is 35.9 Å². The Hall–Kier alpha value is -2.10. The third-order valence-electron chi connectivity index (χ3n) is 6.46. The highest BCUT2D eigenvalue weighted by Crippen LogP contribution is 2.28. The predicted octanol–water partition coefficient (Wildman–Crippen LogP) is 3.37. The molecule has 0 bridgehead atoms. The number of pyridine rings is 1. The van der Waals surface area contributed by atoms with Crippen LogP contribution in [-0.2, 0) is 11.3 Å². The standard InChI is InChI=1S/C24H34N6O.HI/c1-25-24(27-19-12-13-30(16-19)23(31)17-8-4-5-9-17)26-15-18-14-22(29(2)3)28-21-11-7-6-10-20(18)21;/h6-7,10-11,14,17,19H,4-5,8-9,12-13,15-16H2,1-3H3,(H2,25,26,27);1H. The van der Waals surface area contributed by atoms with Gasteiger partial charge in [0.15, 0.2) is 5.96 Å². The molecule has 7 nitrogen and oxygen atoms in total. The van der Waals surface area contributed by atoms with E-state index in [1.807, 2.05) is 42.1 Å². The number of aromatic nitrogens is 1. The van der Waals surface area contributed by atoms with Gasteiger partial charge in [0.25, 0.3) is 0 Å². The first-order valence-electron chi connectivity index (χ1n) is 11.4. The number of amides is 1. The molecule has 8 heteroatoms. The van der Waals surface area contributed by atoms with Gasteiger partial charge in [-0.05, 0) is 37.0 Å². The normalized spacial score (nSPS) is 19.2. The number of carbonyl (C=O) groups excluding carboxylic acids is 1. The van der Waals surface area contributed by atoms with Crippen LogP contribution in [0.4, 0.5) is 5.82 Å². The minimum absolute atomic E-state index is 0. The third-order valence-corrected chi connectivity index (χ3v) is 6.46. The van der Waals surface area contributed by atoms with Crippen molar-refractivity contribution in [2.75, 3.05) is 39.1 Å². The molecule has 2 aliphatic rings. The van der Waals surface area contributed by atoms with Gasteiger partial charge >= 0.3 is 0 Å². The summed E-state index contributed by atoms with van der Waals surface area (Å²) in [5.41, 5.74) is 2.17. The number of hydrogen-bond acceptors (Lipinski definition) is 4. The summed E-state index contributed by atoms with van der Waals surface area (Å²) in [6.07, 6.45) is 5.47. The van der Waals surface area contributed by atoms with Gasteiger partial charge in [0.2, 0.25) is 5.91 Å². The van der Waals surface area contributed by atoms with Crippen molar-refractivity contribution in [3.8, 4) is 0 Å². The smallest absolute Gasteiger partial charge is 0.225 e. The molecule has 1 saturated carbocycles. The molecule has 1 aromatic heterocycles. The van der Waals surface area contributed by atoms with Gasteiger partial charge < -0.3 is 20.4 Å². The Morgan fingerprint density at radius 2 is 1.97 bits per heavy atom. The van der Waals surface area contributed by atoms with Crippen LogP contribution in [-0.4, -0.2) is 62.0 Å². The van der Waals surface area contributed by atoms with Crippen LogP contribution in [0.2, 0.25) is 0 Å². The first kappa shape index (κ1) is 24.5. The molecule has 174 valence electrons. The summed E-state index contributed by atoms with van der Waals surface area (Å²) in [6.45, 7) is 2.26. The maximum Gasteiger partial charge on any atom is 0.225 e. The number of hydrogen-bond donors (Lipinski definition) is 2. The summed E-state index contributed by atoms with van der Waals surface area (Å²) < 4.78 is 0. The highest BCUT2D eigenvalue weighted by molar-refractivity contribution is 14.0. The van der Waals surface area contributed by atoms with Crippen LogP contribution in [0.1, 0.15) is 37.7 Å². The number of para-hydroxylation sites is 1. The Labute approximate surface area is 208 Å². The van der Waals surface area contributed by atoms with E-state index in [0.717, 1.165) is 55.0 Å². The molecular weight excluding hydrogens is 515 g/mol. The van der Waals surface area contributed by atoms with Gasteiger partial charge in [0.05, 0.1) is 5.52 Å². The number of rotatable bonds is 5. The topological polar surface area (TPSA) is 72.9 Å². The van der Waals surface area contributed by atoms with E-state index in [1.165, 1.54) is 18.4 Å². The predicted molar refractivity (Wildman–Crippen MR) is 142 cm³/mol. The lowest BCUT2D eigenvalue weighted by Gasteiger charge is -2.22. The van der Waals surface area contributed by atoms with Crippen LogP contribution in [0.25, 0.3) is 10.9 Å². The Morgan fingerprint density at radius 3 is 2.69 bits per heavy atom. The zero-order valence-electron chi connectivity index (χ0n) is 19.3. The Balaban J connectivity index is 0.00000289. The fraction of sp³-hybridized carbons (Fsp3) is 0.542. The third kappa shape index (κ3) is 5.63. The number of likely N-dealkylation sites (tertiary alicyclic amines) is 1. The first-order valence-corrected chi connectivity index (χ1v) is 11.4. The van der Waals surface area contributed by atoms with E-state index >= 15 is 0 Å². The number of guanidine groups is 1. The molecule has 1 aliphatic carbocycles. The summed E-state index contributed by atoms with van der Waals surface area (Å²) in [7, 11) is 5.81. The van der Waals surface area contributed by atoms with Crippen molar-refractivity contribution >= 4 is 52.6 Å². The summed E-state index contributed by atoms with van der Waals surface area (Å²) in [5, 5.41) is 8.12. The van der Waals surface area contributed by atoms with Crippen molar-refractivity contribution in [1.82, 2.24) is 20.5 Å². The molecule has 1 saturated heterocycles. The molecule has 1 unspecified atom stereocenters. The van der Waals surface area contributed by atoms with Crippen molar-refractivity contribution in [3.63, 3.8) is 0 Å². The van der Waals surface area contributed by atoms with E-state index in [9.17, 15) is 4.79 Å². The Bertz CT molecular complexity index is 957. The van der Waals surface area contributed by atoms with Crippen LogP contribution in [0, 0.1) is 5.92 Å². The summed E-state index contributed by atoms with van der Waals surface area (Å²) in [4.78, 5) is 25.9. The van der Waals surface area contributed by atoms with Crippen molar-refractivity contribution in [2.45, 2.75) is 44.7 Å². The molecule has 2 heterocycles. The fourth-order valence-electron chi connectivity index (χ4n) is 4.68. The lowest BCUT2D eigenvalue weighted by atomic mass is 10.1. The van der Waals surface area contributed by atoms with Crippen molar-refractivity contribution in [2.24, 2.45) is 10.9 Å². The molecule has 2 fully saturated rings. The van der Waals surface area contributed by atoms with Crippen molar-refractivity contribution < 1.29 is 4.79 Å². The molecule has 2 aromatic rings. The zero-order chi connectivity index (χ0) is 21.8. The van der Waals surface area contributed by atoms with Gasteiger partial charge in [-0.25, -0.2) is 4.98 Å². The van der Waals surface area contributed by atoms with E-state index in [1.54, 1.807) is 7.05 Å². The number of aliphatic imine (C=N–C) groups is 1. The number of halogens is 1. The molecule has 1 aromatic carbocycles. The van der Waals surface area contributed by atoms with Gasteiger partial charge in [-0.2, -0.15) is 0 Å². The van der Waals surface area contributed by atoms with Crippen LogP contribution < -0.4 is 15.5 Å². The highest BCUT2D eigenvalue weighted by Gasteiger charge is 2.32. The lowest BCUT2D eigenvalue weighted by Crippen LogP contribution is -2.45. The maximum absolute atomic E-state index is 12.7. The number of anilines is 1. The molecule has 2 N–H and O–H groups in total. The van der Waals surface area contributed by atoms with E-state index in [-0.39, 0.29) is 35.9 Å². The van der Waals surface area contributed by atoms with Gasteiger partial charge in [0, 0.05) is 58.1 Å². The Kier molecular flexibility index (Phi) is 8.56. The van der Waals surface area contributed by atoms with Crippen LogP contribution in [0.15, 0.2) is 35.3 Å². The van der Waals surface area contributed by atoms with Crippen molar-refractivity contribution in [1.29, 1.82) is 0 Å². The first-order chi connectivity index (χ1) is 15.0. The van der Waals surface area contributed by atoms with Crippen LogP contribution in [0.3, 0.4) is 0 Å². The van der Waals surface area contributed by atoms with E-state index in [4.69, 9.17) is 4.98 Å². The average molecular weight is 550 g/mol. The maximum atomic E-state index is 12.7. The molecule has 1 amide bonds. The second kappa shape index (κ2) is 11.2. The minimum atomic E-state index is 0. The van der Waals surface area contributed by atoms with E-state index < -0.39 is 0 Å². The van der Waals surface area contributed by atoms with Crippen LogP contribution in [0.5, 0.6) is 0 Å². The lowest BCUT2D eigenvalue weighted by molar-refractivity contribution is -0.134. The monoisotopic (exact) mass is 550 g/mol. The summed E-state index contributed by atoms with van der Waals surface area (Å²) in [5.74, 6) is 2.31. The zero-order valence-corrected chi connectivity index (χ0v) is 21.6. The number of carbonyl (C=O) groups is 1. The number of nitrogens with one attached hydrogen (secondary N) is 2. The molecule has 4 rings (SSSR count). The number of fused-ring (bicyclic) bond motifs is 1. The average Bonchev–Trinajstić information content (AvgIpc) is 3.48. The number of nitrogens with zero attached hydrogens (tertiary/aromatic N) is 4. The second-order valence-electron chi connectivity index (χ2n) is 8.87. The molecular formula is C24H35IN6O. The summed E-state index contributed by atoms with van der Waals surface area (Å²) >= 11 is 0. The molecule has 0 spiro atoms. The molecule has 1 atom stereocenters. The van der Waals surface area contributed by atoms with Gasteiger partial charge in [-0.1, -0.05) is 31.0 Å². The minimum Gasteiger partial charge on any atom is -0.363 e.